The number of anilines is 2. The zero-order valence-electron chi connectivity index (χ0n) is 16.5. The number of amides is 3. The first-order chi connectivity index (χ1) is 12.3. The molecule has 0 bridgehead atoms. The van der Waals surface area contributed by atoms with Crippen LogP contribution in [0, 0.1) is 11.3 Å². The molecule has 0 aliphatic heterocycles. The third kappa shape index (κ3) is 7.36. The first kappa shape index (κ1) is 22.0. The number of rotatable bonds is 3. The molecular formula is C19H25N3O5. The Balaban J connectivity index is 3.35. The first-order valence-corrected chi connectivity index (χ1v) is 8.36. The largest absolute Gasteiger partial charge is 0.443 e. The number of carbonyl (C=O) groups is 3. The number of hydrogen-bond acceptors (Lipinski definition) is 6. The summed E-state index contributed by atoms with van der Waals surface area (Å²) < 4.78 is 10.6. The minimum Gasteiger partial charge on any atom is -0.443 e. The highest BCUT2D eigenvalue weighted by Gasteiger charge is 2.34. The van der Waals surface area contributed by atoms with Crippen molar-refractivity contribution in [3.8, 4) is 6.07 Å². The number of hydrogen-bond donors (Lipinski definition) is 1. The van der Waals surface area contributed by atoms with Gasteiger partial charge in [0.15, 0.2) is 0 Å². The highest BCUT2D eigenvalue weighted by molar-refractivity contribution is 6.13. The van der Waals surface area contributed by atoms with E-state index >= 15 is 0 Å². The molecule has 1 aromatic carbocycles. The van der Waals surface area contributed by atoms with Gasteiger partial charge in [-0.05, 0) is 53.7 Å². The second-order valence-electron chi connectivity index (χ2n) is 7.70. The van der Waals surface area contributed by atoms with Gasteiger partial charge in [-0.3, -0.25) is 4.79 Å². The second kappa shape index (κ2) is 8.54. The van der Waals surface area contributed by atoms with Crippen molar-refractivity contribution in [3.05, 3.63) is 24.3 Å². The van der Waals surface area contributed by atoms with E-state index in [9.17, 15) is 14.4 Å². The van der Waals surface area contributed by atoms with E-state index in [2.05, 4.69) is 5.32 Å². The van der Waals surface area contributed by atoms with Crippen LogP contribution >= 0.6 is 0 Å². The number of nitrogens with zero attached hydrogens (tertiary/aromatic N) is 2. The van der Waals surface area contributed by atoms with E-state index in [0.717, 1.165) is 4.90 Å². The van der Waals surface area contributed by atoms with Crippen molar-refractivity contribution in [1.82, 2.24) is 0 Å². The Morgan fingerprint density at radius 3 is 1.93 bits per heavy atom. The van der Waals surface area contributed by atoms with Gasteiger partial charge >= 0.3 is 12.2 Å². The van der Waals surface area contributed by atoms with Gasteiger partial charge in [0.1, 0.15) is 17.6 Å². The van der Waals surface area contributed by atoms with Crippen molar-refractivity contribution in [2.75, 3.05) is 10.2 Å². The van der Waals surface area contributed by atoms with Crippen molar-refractivity contribution in [3.63, 3.8) is 0 Å². The summed E-state index contributed by atoms with van der Waals surface area (Å²) in [7, 11) is 0. The van der Waals surface area contributed by atoms with Crippen molar-refractivity contribution in [2.45, 2.75) is 59.2 Å². The molecule has 0 aromatic heterocycles. The number of benzene rings is 1. The molecule has 0 fully saturated rings. The van der Waals surface area contributed by atoms with E-state index in [4.69, 9.17) is 14.7 Å². The molecule has 8 heteroatoms. The van der Waals surface area contributed by atoms with Crippen LogP contribution in [0.5, 0.6) is 0 Å². The van der Waals surface area contributed by atoms with E-state index in [1.807, 2.05) is 0 Å². The van der Waals surface area contributed by atoms with Gasteiger partial charge in [0.25, 0.3) is 0 Å². The number of nitrogens with one attached hydrogen (secondary N) is 1. The van der Waals surface area contributed by atoms with Gasteiger partial charge in [-0.1, -0.05) is 12.1 Å². The van der Waals surface area contributed by atoms with Gasteiger partial charge in [-0.15, -0.1) is 0 Å². The summed E-state index contributed by atoms with van der Waals surface area (Å²) in [6, 6.07) is 7.92. The molecular weight excluding hydrogens is 350 g/mol. The molecule has 1 aromatic rings. The molecule has 0 atom stereocenters. The van der Waals surface area contributed by atoms with Crippen LogP contribution in [-0.4, -0.2) is 29.3 Å². The van der Waals surface area contributed by atoms with Crippen LogP contribution in [0.1, 0.15) is 48.0 Å². The molecule has 0 spiro atoms. The number of ether oxygens (including phenoxy) is 2. The van der Waals surface area contributed by atoms with Crippen molar-refractivity contribution >= 4 is 29.5 Å². The molecule has 0 aliphatic carbocycles. The lowest BCUT2D eigenvalue weighted by Crippen LogP contribution is -2.44. The molecule has 8 nitrogen and oxygen atoms in total. The van der Waals surface area contributed by atoms with E-state index < -0.39 is 29.3 Å². The predicted octanol–water partition coefficient (Wildman–Crippen LogP) is 4.22. The Morgan fingerprint density at radius 2 is 1.48 bits per heavy atom. The standard InChI is InChI=1S/C19H25N3O5/c1-18(2,3)26-16(24)22(17(25)27-19(4,5)6)14-10-8-7-9-13(14)21-15(23)11-12-20/h7-10H,11H2,1-6H3,(H,21,23). The van der Waals surface area contributed by atoms with Crippen molar-refractivity contribution in [2.24, 2.45) is 0 Å². The summed E-state index contributed by atoms with van der Waals surface area (Å²) in [5.41, 5.74) is -1.45. The lowest BCUT2D eigenvalue weighted by Gasteiger charge is -2.29. The molecule has 0 radical (unpaired) electrons. The van der Waals surface area contributed by atoms with Crippen LogP contribution < -0.4 is 10.2 Å². The monoisotopic (exact) mass is 375 g/mol. The van der Waals surface area contributed by atoms with Gasteiger partial charge in [0, 0.05) is 0 Å². The normalized spacial score (nSPS) is 11.1. The fourth-order valence-electron chi connectivity index (χ4n) is 1.93. The molecule has 0 saturated carbocycles. The lowest BCUT2D eigenvalue weighted by atomic mass is 10.2. The van der Waals surface area contributed by atoms with Gasteiger partial charge in [-0.25, -0.2) is 9.59 Å². The minimum atomic E-state index is -0.946. The zero-order chi connectivity index (χ0) is 20.8. The number of para-hydroxylation sites is 2. The Bertz CT molecular complexity index is 726. The number of nitriles is 1. The molecule has 3 amide bonds. The molecule has 27 heavy (non-hydrogen) atoms. The molecule has 0 unspecified atom stereocenters. The quantitative estimate of drug-likeness (QED) is 0.847. The third-order valence-electron chi connectivity index (χ3n) is 2.81. The summed E-state index contributed by atoms with van der Waals surface area (Å²) in [6.07, 6.45) is -2.26. The molecule has 1 N–H and O–H groups in total. The molecule has 1 rings (SSSR count). The fourth-order valence-corrected chi connectivity index (χ4v) is 1.93. The van der Waals surface area contributed by atoms with E-state index in [1.165, 1.54) is 12.1 Å². The molecule has 0 aliphatic rings. The maximum atomic E-state index is 12.7. The summed E-state index contributed by atoms with van der Waals surface area (Å²) in [5.74, 6) is -0.571. The third-order valence-corrected chi connectivity index (χ3v) is 2.81. The van der Waals surface area contributed by atoms with Gasteiger partial charge in [-0.2, -0.15) is 10.2 Å². The summed E-state index contributed by atoms with van der Waals surface area (Å²) in [4.78, 5) is 37.9. The van der Waals surface area contributed by atoms with Gasteiger partial charge < -0.3 is 14.8 Å². The maximum Gasteiger partial charge on any atom is 0.424 e. The first-order valence-electron chi connectivity index (χ1n) is 8.36. The topological polar surface area (TPSA) is 109 Å². The second-order valence-corrected chi connectivity index (χ2v) is 7.70. The predicted molar refractivity (Wildman–Crippen MR) is 100 cm³/mol. The maximum absolute atomic E-state index is 12.7. The number of imide groups is 1. The Labute approximate surface area is 159 Å². The summed E-state index contributed by atoms with van der Waals surface area (Å²) in [5, 5.41) is 11.2. The fraction of sp³-hybridized carbons (Fsp3) is 0.474. The SMILES string of the molecule is CC(C)(C)OC(=O)N(C(=O)OC(C)(C)C)c1ccccc1NC(=O)CC#N. The van der Waals surface area contributed by atoms with E-state index in [0.29, 0.717) is 0 Å². The summed E-state index contributed by atoms with van der Waals surface area (Å²) >= 11 is 0. The van der Waals surface area contributed by atoms with Gasteiger partial charge in [0.2, 0.25) is 5.91 Å². The average Bonchev–Trinajstić information content (AvgIpc) is 2.45. The minimum absolute atomic E-state index is 0.0762. The molecule has 0 saturated heterocycles. The van der Waals surface area contributed by atoms with Crippen LogP contribution in [0.25, 0.3) is 0 Å². The highest BCUT2D eigenvalue weighted by atomic mass is 16.6. The van der Waals surface area contributed by atoms with Crippen molar-refractivity contribution in [1.29, 1.82) is 5.26 Å². The van der Waals surface area contributed by atoms with Crippen LogP contribution in [-0.2, 0) is 14.3 Å². The van der Waals surface area contributed by atoms with E-state index in [1.54, 1.807) is 59.7 Å². The molecule has 146 valence electrons. The smallest absolute Gasteiger partial charge is 0.424 e. The Morgan fingerprint density at radius 1 is 1.00 bits per heavy atom. The average molecular weight is 375 g/mol. The lowest BCUT2D eigenvalue weighted by molar-refractivity contribution is -0.115. The number of carbonyl (C=O) groups excluding carboxylic acids is 3. The van der Waals surface area contributed by atoms with Crippen LogP contribution in [0.2, 0.25) is 0 Å². The van der Waals surface area contributed by atoms with E-state index in [-0.39, 0.29) is 17.8 Å². The highest BCUT2D eigenvalue weighted by Crippen LogP contribution is 2.29. The molecule has 0 heterocycles. The van der Waals surface area contributed by atoms with Crippen LogP contribution in [0.3, 0.4) is 0 Å². The van der Waals surface area contributed by atoms with Crippen molar-refractivity contribution < 1.29 is 23.9 Å². The van der Waals surface area contributed by atoms with Crippen LogP contribution in [0.4, 0.5) is 21.0 Å². The van der Waals surface area contributed by atoms with Crippen LogP contribution in [0.15, 0.2) is 24.3 Å². The Kier molecular flexibility index (Phi) is 6.94. The summed E-state index contributed by atoms with van der Waals surface area (Å²) in [6.45, 7) is 9.99. The Hall–Kier alpha value is -3.08. The zero-order valence-corrected chi connectivity index (χ0v) is 16.5. The van der Waals surface area contributed by atoms with Gasteiger partial charge in [0.05, 0.1) is 17.4 Å².